The van der Waals surface area contributed by atoms with Gasteiger partial charge in [0.2, 0.25) is 5.91 Å². The van der Waals surface area contributed by atoms with E-state index >= 15 is 0 Å². The zero-order chi connectivity index (χ0) is 14.4. The molecule has 0 aromatic heterocycles. The minimum absolute atomic E-state index is 0.101. The summed E-state index contributed by atoms with van der Waals surface area (Å²) in [6.07, 6.45) is -0.356. The summed E-state index contributed by atoms with van der Waals surface area (Å²) in [5.41, 5.74) is 0.961. The number of hydrogen-bond donors (Lipinski definition) is 2. The molecule has 20 heavy (non-hydrogen) atoms. The number of aliphatic hydroxyl groups is 1. The Morgan fingerprint density at radius 1 is 1.25 bits per heavy atom. The molecule has 2 aromatic rings. The van der Waals surface area contributed by atoms with E-state index in [1.54, 1.807) is 0 Å². The number of rotatable bonds is 6. The zero-order valence-electron chi connectivity index (χ0n) is 11.5. The summed E-state index contributed by atoms with van der Waals surface area (Å²) in [4.78, 5) is 11.8. The zero-order valence-corrected chi connectivity index (χ0v) is 11.5. The first-order valence-corrected chi connectivity index (χ1v) is 6.60. The Kier molecular flexibility index (Phi) is 5.09. The van der Waals surface area contributed by atoms with Gasteiger partial charge in [0.1, 0.15) is 0 Å². The molecule has 0 radical (unpaired) electrons. The minimum atomic E-state index is -0.666. The van der Waals surface area contributed by atoms with Crippen molar-refractivity contribution >= 4 is 16.7 Å². The fourth-order valence-corrected chi connectivity index (χ4v) is 2.08. The Morgan fingerprint density at radius 3 is 2.75 bits per heavy atom. The maximum absolute atomic E-state index is 11.8. The maximum atomic E-state index is 11.8. The van der Waals surface area contributed by atoms with Crippen LogP contribution in [0.5, 0.6) is 0 Å². The van der Waals surface area contributed by atoms with Gasteiger partial charge in [0, 0.05) is 13.7 Å². The van der Waals surface area contributed by atoms with Crippen LogP contribution in [0, 0.1) is 0 Å². The van der Waals surface area contributed by atoms with E-state index in [-0.39, 0.29) is 19.1 Å². The molecule has 2 aromatic carbocycles. The summed E-state index contributed by atoms with van der Waals surface area (Å²) in [6.45, 7) is 0.427. The van der Waals surface area contributed by atoms with Gasteiger partial charge in [-0.05, 0) is 16.3 Å². The molecule has 1 unspecified atom stereocenters. The average molecular weight is 273 g/mol. The monoisotopic (exact) mass is 273 g/mol. The summed E-state index contributed by atoms with van der Waals surface area (Å²) in [7, 11) is 1.51. The second-order valence-electron chi connectivity index (χ2n) is 4.77. The molecule has 0 fully saturated rings. The third kappa shape index (κ3) is 4.05. The van der Waals surface area contributed by atoms with Crippen molar-refractivity contribution in [2.75, 3.05) is 20.3 Å². The van der Waals surface area contributed by atoms with E-state index in [1.807, 2.05) is 42.5 Å². The molecule has 0 saturated heterocycles. The summed E-state index contributed by atoms with van der Waals surface area (Å²) in [6, 6.07) is 14.0. The van der Waals surface area contributed by atoms with Gasteiger partial charge < -0.3 is 15.2 Å². The summed E-state index contributed by atoms with van der Waals surface area (Å²) in [5.74, 6) is -0.101. The Bertz CT molecular complexity index is 583. The number of methoxy groups -OCH3 is 1. The highest BCUT2D eigenvalue weighted by Gasteiger charge is 2.07. The van der Waals surface area contributed by atoms with Crippen molar-refractivity contribution in [3.05, 3.63) is 48.0 Å². The van der Waals surface area contributed by atoms with Crippen LogP contribution in [0.15, 0.2) is 42.5 Å². The number of nitrogens with one attached hydrogen (secondary N) is 1. The molecule has 2 rings (SSSR count). The Hall–Kier alpha value is -1.91. The first-order chi connectivity index (χ1) is 9.69. The lowest BCUT2D eigenvalue weighted by molar-refractivity contribution is -0.121. The third-order valence-corrected chi connectivity index (χ3v) is 3.07. The van der Waals surface area contributed by atoms with E-state index in [1.165, 1.54) is 7.11 Å². The average Bonchev–Trinajstić information content (AvgIpc) is 2.45. The topological polar surface area (TPSA) is 58.6 Å². The second-order valence-corrected chi connectivity index (χ2v) is 4.77. The molecule has 0 aliphatic carbocycles. The largest absolute Gasteiger partial charge is 0.389 e. The van der Waals surface area contributed by atoms with Crippen LogP contribution in [0.3, 0.4) is 0 Å². The van der Waals surface area contributed by atoms with Gasteiger partial charge in [-0.1, -0.05) is 42.5 Å². The number of ether oxygens (including phenoxy) is 1. The number of benzene rings is 2. The van der Waals surface area contributed by atoms with Crippen LogP contribution in [-0.4, -0.2) is 37.4 Å². The predicted octanol–water partition coefficient (Wildman–Crippen LogP) is 1.51. The lowest BCUT2D eigenvalue weighted by Gasteiger charge is -2.11. The number of fused-ring (bicyclic) bond motifs is 1. The van der Waals surface area contributed by atoms with Crippen LogP contribution in [0.25, 0.3) is 10.8 Å². The molecule has 0 heterocycles. The number of carbonyl (C=O) groups excluding carboxylic acids is 1. The molecule has 0 spiro atoms. The second kappa shape index (κ2) is 7.03. The molecule has 4 heteroatoms. The van der Waals surface area contributed by atoms with Gasteiger partial charge in [-0.3, -0.25) is 4.79 Å². The van der Waals surface area contributed by atoms with Crippen molar-refractivity contribution in [2.24, 2.45) is 0 Å². The Balaban J connectivity index is 1.92. The van der Waals surface area contributed by atoms with Gasteiger partial charge in [-0.15, -0.1) is 0 Å². The first kappa shape index (κ1) is 14.5. The molecule has 4 nitrogen and oxygen atoms in total. The van der Waals surface area contributed by atoms with E-state index in [0.29, 0.717) is 6.42 Å². The number of amides is 1. The van der Waals surface area contributed by atoms with E-state index in [4.69, 9.17) is 4.74 Å². The standard InChI is InChI=1S/C16H19NO3/c1-20-11-15(18)10-17-16(19)9-12-6-7-13-4-2-3-5-14(13)8-12/h2-8,15,18H,9-11H2,1H3,(H,17,19). The smallest absolute Gasteiger partial charge is 0.224 e. The fourth-order valence-electron chi connectivity index (χ4n) is 2.08. The van der Waals surface area contributed by atoms with Gasteiger partial charge >= 0.3 is 0 Å². The molecule has 0 aliphatic rings. The first-order valence-electron chi connectivity index (χ1n) is 6.60. The molecule has 0 saturated carbocycles. The maximum Gasteiger partial charge on any atom is 0.224 e. The molecule has 1 amide bonds. The van der Waals surface area contributed by atoms with Gasteiger partial charge in [0.15, 0.2) is 0 Å². The summed E-state index contributed by atoms with van der Waals surface area (Å²) in [5, 5.41) is 14.4. The van der Waals surface area contributed by atoms with Crippen molar-refractivity contribution < 1.29 is 14.6 Å². The van der Waals surface area contributed by atoms with Crippen molar-refractivity contribution in [1.82, 2.24) is 5.32 Å². The molecule has 2 N–H and O–H groups in total. The minimum Gasteiger partial charge on any atom is -0.389 e. The summed E-state index contributed by atoms with van der Waals surface area (Å²) >= 11 is 0. The van der Waals surface area contributed by atoms with E-state index in [0.717, 1.165) is 16.3 Å². The van der Waals surface area contributed by atoms with Crippen LogP contribution in [0.1, 0.15) is 5.56 Å². The number of aliphatic hydroxyl groups excluding tert-OH is 1. The molecule has 106 valence electrons. The molecular weight excluding hydrogens is 254 g/mol. The fraction of sp³-hybridized carbons (Fsp3) is 0.312. The van der Waals surface area contributed by atoms with Crippen molar-refractivity contribution in [3.63, 3.8) is 0 Å². The van der Waals surface area contributed by atoms with Crippen LogP contribution < -0.4 is 5.32 Å². The number of carbonyl (C=O) groups is 1. The van der Waals surface area contributed by atoms with Gasteiger partial charge in [0.05, 0.1) is 19.1 Å². The van der Waals surface area contributed by atoms with Gasteiger partial charge in [-0.25, -0.2) is 0 Å². The van der Waals surface area contributed by atoms with Crippen LogP contribution >= 0.6 is 0 Å². The highest BCUT2D eigenvalue weighted by atomic mass is 16.5. The Labute approximate surface area is 118 Å². The molecular formula is C16H19NO3. The van der Waals surface area contributed by atoms with E-state index < -0.39 is 6.10 Å². The Morgan fingerprint density at radius 2 is 2.00 bits per heavy atom. The molecule has 1 atom stereocenters. The number of hydrogen-bond acceptors (Lipinski definition) is 3. The third-order valence-electron chi connectivity index (χ3n) is 3.07. The molecule has 0 aliphatic heterocycles. The molecule has 0 bridgehead atoms. The van der Waals surface area contributed by atoms with Gasteiger partial charge in [-0.2, -0.15) is 0 Å². The quantitative estimate of drug-likeness (QED) is 0.838. The normalized spacial score (nSPS) is 12.3. The van der Waals surface area contributed by atoms with Gasteiger partial charge in [0.25, 0.3) is 0 Å². The SMILES string of the molecule is COCC(O)CNC(=O)Cc1ccc2ccccc2c1. The summed E-state index contributed by atoms with van der Waals surface area (Å²) < 4.78 is 4.80. The van der Waals surface area contributed by atoms with Crippen LogP contribution in [-0.2, 0) is 16.0 Å². The van der Waals surface area contributed by atoms with Crippen molar-refractivity contribution in [3.8, 4) is 0 Å². The van der Waals surface area contributed by atoms with E-state index in [2.05, 4.69) is 5.32 Å². The van der Waals surface area contributed by atoms with Crippen LogP contribution in [0.4, 0.5) is 0 Å². The lowest BCUT2D eigenvalue weighted by Crippen LogP contribution is -2.35. The van der Waals surface area contributed by atoms with Crippen molar-refractivity contribution in [1.29, 1.82) is 0 Å². The lowest BCUT2D eigenvalue weighted by atomic mass is 10.0. The highest BCUT2D eigenvalue weighted by Crippen LogP contribution is 2.15. The van der Waals surface area contributed by atoms with Crippen molar-refractivity contribution in [2.45, 2.75) is 12.5 Å². The predicted molar refractivity (Wildman–Crippen MR) is 78.5 cm³/mol. The van der Waals surface area contributed by atoms with E-state index in [9.17, 15) is 9.90 Å². The van der Waals surface area contributed by atoms with Crippen LogP contribution in [0.2, 0.25) is 0 Å². The highest BCUT2D eigenvalue weighted by molar-refractivity contribution is 5.85.